The van der Waals surface area contributed by atoms with Crippen molar-refractivity contribution in [2.24, 2.45) is 0 Å². The molecule has 26 heavy (non-hydrogen) atoms. The van der Waals surface area contributed by atoms with E-state index in [0.29, 0.717) is 28.4 Å². The lowest BCUT2D eigenvalue weighted by Gasteiger charge is -2.13. The third-order valence-corrected chi connectivity index (χ3v) is 5.72. The molecule has 138 valence electrons. The molecular formula is C20H24N2O3S. The third kappa shape index (κ3) is 3.75. The monoisotopic (exact) mass is 372 g/mol. The molecule has 0 aliphatic heterocycles. The summed E-state index contributed by atoms with van der Waals surface area (Å²) in [5.41, 5.74) is 2.20. The lowest BCUT2D eigenvalue weighted by atomic mass is 9.95. The van der Waals surface area contributed by atoms with Crippen LogP contribution < -0.4 is 15.4 Å². The van der Waals surface area contributed by atoms with Crippen LogP contribution in [0.15, 0.2) is 24.3 Å². The van der Waals surface area contributed by atoms with Crippen LogP contribution in [0.5, 0.6) is 5.75 Å². The van der Waals surface area contributed by atoms with Gasteiger partial charge in [-0.05, 0) is 49.8 Å². The zero-order chi connectivity index (χ0) is 18.5. The van der Waals surface area contributed by atoms with E-state index < -0.39 is 0 Å². The third-order valence-electron chi connectivity index (χ3n) is 4.51. The van der Waals surface area contributed by atoms with Crippen LogP contribution in [0.2, 0.25) is 0 Å². The number of hydrogen-bond acceptors (Lipinski definition) is 4. The molecule has 5 nitrogen and oxygen atoms in total. The molecule has 2 N–H and O–H groups in total. The maximum Gasteiger partial charge on any atom is 0.260 e. The zero-order valence-electron chi connectivity index (χ0n) is 15.2. The van der Waals surface area contributed by atoms with Gasteiger partial charge in [-0.1, -0.05) is 19.1 Å². The topological polar surface area (TPSA) is 67.4 Å². The highest BCUT2D eigenvalue weighted by Gasteiger charge is 2.26. The fraction of sp³-hybridized carbons (Fsp3) is 0.400. The van der Waals surface area contributed by atoms with Gasteiger partial charge in [0.15, 0.2) is 0 Å². The highest BCUT2D eigenvalue weighted by molar-refractivity contribution is 7.17. The molecule has 0 spiro atoms. The largest absolute Gasteiger partial charge is 0.496 e. The Bertz CT molecular complexity index is 813. The normalized spacial score (nSPS) is 13.0. The number of benzene rings is 1. The van der Waals surface area contributed by atoms with Gasteiger partial charge in [0, 0.05) is 11.4 Å². The molecule has 0 bridgehead atoms. The number of carbonyl (C=O) groups excluding carboxylic acids is 2. The summed E-state index contributed by atoms with van der Waals surface area (Å²) in [6.45, 7) is 2.65. The van der Waals surface area contributed by atoms with Crippen molar-refractivity contribution in [1.82, 2.24) is 5.32 Å². The average molecular weight is 372 g/mol. The second kappa shape index (κ2) is 8.36. The van der Waals surface area contributed by atoms with Crippen LogP contribution in [0.1, 0.15) is 57.3 Å². The van der Waals surface area contributed by atoms with Crippen molar-refractivity contribution in [2.45, 2.75) is 39.0 Å². The lowest BCUT2D eigenvalue weighted by molar-refractivity contribution is 0.0954. The molecule has 0 atom stereocenters. The molecule has 3 rings (SSSR count). The molecule has 0 radical (unpaired) electrons. The SMILES string of the molecule is CCCNC(=O)c1c(NC(=O)c2ccccc2OC)sc2c1CCCC2. The van der Waals surface area contributed by atoms with Crippen LogP contribution in [0.4, 0.5) is 5.00 Å². The number of methoxy groups -OCH3 is 1. The number of carbonyl (C=O) groups is 2. The van der Waals surface area contributed by atoms with E-state index >= 15 is 0 Å². The molecule has 2 amide bonds. The average Bonchev–Trinajstić information content (AvgIpc) is 3.03. The summed E-state index contributed by atoms with van der Waals surface area (Å²) in [5, 5.41) is 6.55. The van der Waals surface area contributed by atoms with Crippen molar-refractivity contribution in [3.8, 4) is 5.75 Å². The van der Waals surface area contributed by atoms with E-state index in [9.17, 15) is 9.59 Å². The lowest BCUT2D eigenvalue weighted by Crippen LogP contribution is -2.26. The van der Waals surface area contributed by atoms with Crippen molar-refractivity contribution in [1.29, 1.82) is 0 Å². The number of amides is 2. The van der Waals surface area contributed by atoms with Crippen LogP contribution in [-0.4, -0.2) is 25.5 Å². The number of anilines is 1. The summed E-state index contributed by atoms with van der Waals surface area (Å²) in [6.07, 6.45) is 4.95. The molecule has 0 fully saturated rings. The van der Waals surface area contributed by atoms with Crippen molar-refractivity contribution in [3.63, 3.8) is 0 Å². The molecule has 1 aromatic carbocycles. The van der Waals surface area contributed by atoms with E-state index in [0.717, 1.165) is 37.7 Å². The van der Waals surface area contributed by atoms with Crippen LogP contribution in [0.3, 0.4) is 0 Å². The van der Waals surface area contributed by atoms with Gasteiger partial charge in [-0.15, -0.1) is 11.3 Å². The van der Waals surface area contributed by atoms with Gasteiger partial charge in [0.1, 0.15) is 10.8 Å². The Morgan fingerprint density at radius 3 is 2.69 bits per heavy atom. The molecule has 1 aliphatic carbocycles. The summed E-state index contributed by atoms with van der Waals surface area (Å²) < 4.78 is 5.28. The Morgan fingerprint density at radius 2 is 1.92 bits per heavy atom. The molecule has 1 aliphatic rings. The van der Waals surface area contributed by atoms with Crippen molar-refractivity contribution in [3.05, 3.63) is 45.8 Å². The highest BCUT2D eigenvalue weighted by atomic mass is 32.1. The fourth-order valence-electron chi connectivity index (χ4n) is 3.22. The Hall–Kier alpha value is -2.34. The van der Waals surface area contributed by atoms with Gasteiger partial charge in [0.25, 0.3) is 11.8 Å². The molecular weight excluding hydrogens is 348 g/mol. The predicted molar refractivity (Wildman–Crippen MR) is 105 cm³/mol. The molecule has 0 saturated heterocycles. The minimum absolute atomic E-state index is 0.0958. The fourth-order valence-corrected chi connectivity index (χ4v) is 4.51. The van der Waals surface area contributed by atoms with E-state index in [4.69, 9.17) is 4.74 Å². The van der Waals surface area contributed by atoms with Gasteiger partial charge in [-0.3, -0.25) is 9.59 Å². The number of thiophene rings is 1. The quantitative estimate of drug-likeness (QED) is 0.804. The van der Waals surface area contributed by atoms with Gasteiger partial charge in [-0.2, -0.15) is 0 Å². The number of fused-ring (bicyclic) bond motifs is 1. The first-order valence-corrected chi connectivity index (χ1v) is 9.84. The summed E-state index contributed by atoms with van der Waals surface area (Å²) >= 11 is 1.53. The molecule has 1 heterocycles. The van der Waals surface area contributed by atoms with E-state index in [1.54, 1.807) is 25.3 Å². The Morgan fingerprint density at radius 1 is 1.15 bits per heavy atom. The number of rotatable bonds is 6. The second-order valence-electron chi connectivity index (χ2n) is 6.33. The number of nitrogens with one attached hydrogen (secondary N) is 2. The van der Waals surface area contributed by atoms with E-state index in [1.165, 1.54) is 16.2 Å². The number of hydrogen-bond donors (Lipinski definition) is 2. The van der Waals surface area contributed by atoms with Crippen molar-refractivity contribution in [2.75, 3.05) is 19.0 Å². The highest BCUT2D eigenvalue weighted by Crippen LogP contribution is 2.38. The Labute approximate surface area is 157 Å². The number of para-hydroxylation sites is 1. The summed E-state index contributed by atoms with van der Waals surface area (Å²) in [6, 6.07) is 7.09. The minimum Gasteiger partial charge on any atom is -0.496 e. The number of ether oxygens (including phenoxy) is 1. The van der Waals surface area contributed by atoms with Crippen LogP contribution in [-0.2, 0) is 12.8 Å². The smallest absolute Gasteiger partial charge is 0.260 e. The summed E-state index contributed by atoms with van der Waals surface area (Å²) in [5.74, 6) is 0.162. The summed E-state index contributed by atoms with van der Waals surface area (Å²) in [7, 11) is 1.54. The standard InChI is InChI=1S/C20H24N2O3S/c1-3-12-21-19(24)17-14-9-5-7-11-16(14)26-20(17)22-18(23)13-8-4-6-10-15(13)25-2/h4,6,8,10H,3,5,7,9,11-12H2,1-2H3,(H,21,24)(H,22,23). The zero-order valence-corrected chi connectivity index (χ0v) is 16.0. The van der Waals surface area contributed by atoms with Crippen molar-refractivity contribution < 1.29 is 14.3 Å². The molecule has 0 saturated carbocycles. The Balaban J connectivity index is 1.92. The molecule has 2 aromatic rings. The van der Waals surface area contributed by atoms with Crippen LogP contribution >= 0.6 is 11.3 Å². The molecule has 6 heteroatoms. The van der Waals surface area contributed by atoms with Gasteiger partial charge < -0.3 is 15.4 Å². The predicted octanol–water partition coefficient (Wildman–Crippen LogP) is 4.03. The van der Waals surface area contributed by atoms with Crippen molar-refractivity contribution >= 4 is 28.2 Å². The van der Waals surface area contributed by atoms with Gasteiger partial charge in [0.05, 0.1) is 18.2 Å². The van der Waals surface area contributed by atoms with E-state index in [2.05, 4.69) is 10.6 Å². The molecule has 0 unspecified atom stereocenters. The van der Waals surface area contributed by atoms with E-state index in [-0.39, 0.29) is 11.8 Å². The van der Waals surface area contributed by atoms with Gasteiger partial charge in [-0.25, -0.2) is 0 Å². The first-order valence-electron chi connectivity index (χ1n) is 9.02. The minimum atomic E-state index is -0.259. The first kappa shape index (κ1) is 18.5. The van der Waals surface area contributed by atoms with Crippen LogP contribution in [0.25, 0.3) is 0 Å². The number of aryl methyl sites for hydroxylation is 1. The maximum absolute atomic E-state index is 12.8. The van der Waals surface area contributed by atoms with Gasteiger partial charge >= 0.3 is 0 Å². The Kier molecular flexibility index (Phi) is 5.93. The summed E-state index contributed by atoms with van der Waals surface area (Å²) in [4.78, 5) is 26.7. The molecule has 1 aromatic heterocycles. The first-order chi connectivity index (χ1) is 12.7. The van der Waals surface area contributed by atoms with Crippen LogP contribution in [0, 0.1) is 0 Å². The van der Waals surface area contributed by atoms with E-state index in [1.807, 2.05) is 13.0 Å². The second-order valence-corrected chi connectivity index (χ2v) is 7.43. The maximum atomic E-state index is 12.8. The van der Waals surface area contributed by atoms with Gasteiger partial charge in [0.2, 0.25) is 0 Å².